The fraction of sp³-hybridized carbons (Fsp3) is 0.450. The Bertz CT molecular complexity index is 798. The molecule has 2 N–H and O–H groups in total. The fourth-order valence-electron chi connectivity index (χ4n) is 3.06. The van der Waals surface area contributed by atoms with Crippen molar-refractivity contribution in [2.75, 3.05) is 30.8 Å². The van der Waals surface area contributed by atoms with Gasteiger partial charge >= 0.3 is 6.03 Å². The van der Waals surface area contributed by atoms with Gasteiger partial charge in [0.2, 0.25) is 5.91 Å². The van der Waals surface area contributed by atoms with E-state index in [1.165, 1.54) is 11.3 Å². The molecular weight excluding hydrogens is 376 g/mol. The average molecular weight is 403 g/mol. The number of urea groups is 1. The molecule has 0 bridgehead atoms. The molecule has 0 saturated carbocycles. The van der Waals surface area contributed by atoms with Crippen LogP contribution in [0.4, 0.5) is 15.6 Å². The molecule has 0 spiro atoms. The van der Waals surface area contributed by atoms with E-state index in [4.69, 9.17) is 4.74 Å². The molecule has 1 aliphatic rings. The number of carbonyl (C=O) groups is 2. The predicted octanol–water partition coefficient (Wildman–Crippen LogP) is 3.99. The van der Waals surface area contributed by atoms with Crippen LogP contribution in [0.5, 0.6) is 5.75 Å². The first-order valence-corrected chi connectivity index (χ1v) is 10.4. The average Bonchev–Trinajstić information content (AvgIpc) is 3.14. The zero-order valence-electron chi connectivity index (χ0n) is 16.2. The Balaban J connectivity index is 1.44. The highest BCUT2D eigenvalue weighted by atomic mass is 32.1. The van der Waals surface area contributed by atoms with Crippen LogP contribution in [0.1, 0.15) is 31.9 Å². The Kier molecular flexibility index (Phi) is 6.86. The summed E-state index contributed by atoms with van der Waals surface area (Å²) in [7, 11) is 1.59. The molecule has 7 nitrogen and oxygen atoms in total. The summed E-state index contributed by atoms with van der Waals surface area (Å²) in [6.07, 6.45) is 3.21. The first-order chi connectivity index (χ1) is 13.5. The second-order valence-corrected chi connectivity index (χ2v) is 7.87. The minimum atomic E-state index is -0.357. The maximum atomic E-state index is 12.3. The van der Waals surface area contributed by atoms with Gasteiger partial charge in [-0.05, 0) is 49.4 Å². The summed E-state index contributed by atoms with van der Waals surface area (Å²) >= 11 is 1.35. The Labute approximate surface area is 169 Å². The molecule has 0 atom stereocenters. The number of thiazole rings is 1. The number of piperidine rings is 1. The Hall–Kier alpha value is -2.61. The van der Waals surface area contributed by atoms with Gasteiger partial charge in [0.25, 0.3) is 0 Å². The third-order valence-electron chi connectivity index (χ3n) is 4.85. The van der Waals surface area contributed by atoms with E-state index in [2.05, 4.69) is 22.5 Å². The lowest BCUT2D eigenvalue weighted by molar-refractivity contribution is -0.132. The number of rotatable bonds is 6. The summed E-state index contributed by atoms with van der Waals surface area (Å²) in [5.74, 6) is 1.62. The van der Waals surface area contributed by atoms with E-state index in [1.807, 2.05) is 10.3 Å². The van der Waals surface area contributed by atoms with Gasteiger partial charge in [0.15, 0.2) is 5.13 Å². The van der Waals surface area contributed by atoms with E-state index in [0.29, 0.717) is 29.6 Å². The lowest BCUT2D eigenvalue weighted by Crippen LogP contribution is -2.38. The van der Waals surface area contributed by atoms with Crippen molar-refractivity contribution in [1.29, 1.82) is 0 Å². The van der Waals surface area contributed by atoms with Crippen molar-refractivity contribution in [2.24, 2.45) is 5.92 Å². The number of carbonyl (C=O) groups excluding carboxylic acids is 2. The number of likely N-dealkylation sites (tertiary alicyclic amines) is 1. The molecular formula is C20H26N4O3S. The maximum absolute atomic E-state index is 12.3. The summed E-state index contributed by atoms with van der Waals surface area (Å²) < 4.78 is 5.09. The Morgan fingerprint density at radius 2 is 1.93 bits per heavy atom. The van der Waals surface area contributed by atoms with E-state index in [0.717, 1.165) is 37.4 Å². The smallest absolute Gasteiger partial charge is 0.325 e. The molecule has 1 aliphatic heterocycles. The van der Waals surface area contributed by atoms with E-state index < -0.39 is 0 Å². The molecule has 28 heavy (non-hydrogen) atoms. The van der Waals surface area contributed by atoms with Crippen LogP contribution in [-0.4, -0.2) is 42.0 Å². The van der Waals surface area contributed by atoms with Crippen LogP contribution in [0.3, 0.4) is 0 Å². The van der Waals surface area contributed by atoms with Gasteiger partial charge in [0.05, 0.1) is 12.8 Å². The molecule has 1 aromatic carbocycles. The number of nitrogens with one attached hydrogen (secondary N) is 2. The van der Waals surface area contributed by atoms with Crippen LogP contribution in [-0.2, 0) is 11.2 Å². The molecule has 2 heterocycles. The van der Waals surface area contributed by atoms with Gasteiger partial charge in [-0.15, -0.1) is 11.3 Å². The predicted molar refractivity (Wildman–Crippen MR) is 111 cm³/mol. The minimum Gasteiger partial charge on any atom is -0.497 e. The van der Waals surface area contributed by atoms with Crippen LogP contribution in [0.25, 0.3) is 0 Å². The maximum Gasteiger partial charge on any atom is 0.325 e. The molecule has 1 aromatic heterocycles. The van der Waals surface area contributed by atoms with E-state index in [9.17, 15) is 9.59 Å². The molecule has 2 aromatic rings. The first kappa shape index (κ1) is 20.1. The van der Waals surface area contributed by atoms with Gasteiger partial charge in [-0.25, -0.2) is 9.78 Å². The third-order valence-corrected chi connectivity index (χ3v) is 5.66. The van der Waals surface area contributed by atoms with Crippen LogP contribution in [0.15, 0.2) is 29.6 Å². The molecule has 150 valence electrons. The number of methoxy groups -OCH3 is 1. The Morgan fingerprint density at radius 3 is 2.61 bits per heavy atom. The van der Waals surface area contributed by atoms with Gasteiger partial charge in [-0.3, -0.25) is 10.1 Å². The van der Waals surface area contributed by atoms with Crippen LogP contribution in [0, 0.1) is 5.92 Å². The number of benzene rings is 1. The van der Waals surface area contributed by atoms with Crippen molar-refractivity contribution in [2.45, 2.75) is 32.6 Å². The number of anilines is 2. The summed E-state index contributed by atoms with van der Waals surface area (Å²) in [5, 5.41) is 7.87. The fourth-order valence-corrected chi connectivity index (χ4v) is 3.80. The number of amides is 3. The van der Waals surface area contributed by atoms with E-state index in [-0.39, 0.29) is 11.9 Å². The van der Waals surface area contributed by atoms with Crippen LogP contribution in [0.2, 0.25) is 0 Å². The number of hydrogen-bond acceptors (Lipinski definition) is 5. The molecule has 8 heteroatoms. The van der Waals surface area contributed by atoms with Gasteiger partial charge in [-0.1, -0.05) is 6.92 Å². The monoisotopic (exact) mass is 402 g/mol. The van der Waals surface area contributed by atoms with E-state index in [1.54, 1.807) is 31.4 Å². The topological polar surface area (TPSA) is 83.6 Å². The molecule has 0 aliphatic carbocycles. The summed E-state index contributed by atoms with van der Waals surface area (Å²) in [5.41, 5.74) is 1.49. The number of aromatic nitrogens is 1. The highest BCUT2D eigenvalue weighted by Gasteiger charge is 2.20. The van der Waals surface area contributed by atoms with Gasteiger partial charge in [0.1, 0.15) is 5.75 Å². The quantitative estimate of drug-likeness (QED) is 0.765. The molecule has 0 unspecified atom stereocenters. The Morgan fingerprint density at radius 1 is 1.21 bits per heavy atom. The molecule has 1 fully saturated rings. The van der Waals surface area contributed by atoms with Crippen molar-refractivity contribution in [3.8, 4) is 5.75 Å². The van der Waals surface area contributed by atoms with Crippen molar-refractivity contribution in [3.05, 3.63) is 35.3 Å². The van der Waals surface area contributed by atoms with Crippen molar-refractivity contribution < 1.29 is 14.3 Å². The third kappa shape index (κ3) is 5.69. The van der Waals surface area contributed by atoms with Crippen LogP contribution >= 0.6 is 11.3 Å². The number of nitrogens with zero attached hydrogens (tertiary/aromatic N) is 2. The van der Waals surface area contributed by atoms with Gasteiger partial charge in [-0.2, -0.15) is 0 Å². The van der Waals surface area contributed by atoms with Crippen molar-refractivity contribution in [1.82, 2.24) is 9.88 Å². The highest BCUT2D eigenvalue weighted by molar-refractivity contribution is 7.13. The standard InChI is InChI=1S/C20H26N4O3S/c1-14-9-11-24(12-10-14)18(25)8-5-16-13-28-20(22-16)23-19(26)21-15-3-6-17(27-2)7-4-15/h3-4,6-7,13-14H,5,8-12H2,1-2H3,(H2,21,22,23,26). The summed E-state index contributed by atoms with van der Waals surface area (Å²) in [4.78, 5) is 30.8. The van der Waals surface area contributed by atoms with Gasteiger partial charge < -0.3 is 15.0 Å². The number of hydrogen-bond donors (Lipinski definition) is 2. The summed E-state index contributed by atoms with van der Waals surface area (Å²) in [6.45, 7) is 3.95. The number of ether oxygens (including phenoxy) is 1. The lowest BCUT2D eigenvalue weighted by Gasteiger charge is -2.30. The first-order valence-electron chi connectivity index (χ1n) is 9.47. The largest absolute Gasteiger partial charge is 0.497 e. The SMILES string of the molecule is COc1ccc(NC(=O)Nc2nc(CCC(=O)N3CCC(C)CC3)cs2)cc1. The van der Waals surface area contributed by atoms with Crippen LogP contribution < -0.4 is 15.4 Å². The number of aryl methyl sites for hydroxylation is 1. The second kappa shape index (κ2) is 9.54. The molecule has 1 saturated heterocycles. The van der Waals surface area contributed by atoms with Crippen molar-refractivity contribution in [3.63, 3.8) is 0 Å². The lowest BCUT2D eigenvalue weighted by atomic mass is 9.99. The van der Waals surface area contributed by atoms with Crippen molar-refractivity contribution >= 4 is 34.1 Å². The normalized spacial score (nSPS) is 14.6. The highest BCUT2D eigenvalue weighted by Crippen LogP contribution is 2.20. The van der Waals surface area contributed by atoms with Gasteiger partial charge in [0, 0.05) is 30.6 Å². The second-order valence-electron chi connectivity index (χ2n) is 7.01. The minimum absolute atomic E-state index is 0.187. The molecule has 3 amide bonds. The zero-order chi connectivity index (χ0) is 19.9. The summed E-state index contributed by atoms with van der Waals surface area (Å²) in [6, 6.07) is 6.72. The molecule has 0 radical (unpaired) electrons. The van der Waals surface area contributed by atoms with E-state index >= 15 is 0 Å². The zero-order valence-corrected chi connectivity index (χ0v) is 17.1. The molecule has 3 rings (SSSR count).